The number of carboxylic acids is 1. The van der Waals surface area contributed by atoms with Crippen molar-refractivity contribution < 1.29 is 19.5 Å². The highest BCUT2D eigenvalue weighted by molar-refractivity contribution is 6.00. The maximum atomic E-state index is 10.2. The molecule has 0 atom stereocenters. The van der Waals surface area contributed by atoms with Gasteiger partial charge in [0.05, 0.1) is 12.8 Å². The monoisotopic (exact) mass is 223 g/mol. The zero-order chi connectivity index (χ0) is 12.0. The highest BCUT2D eigenvalue weighted by atomic mass is 16.6. The molecule has 0 unspecified atom stereocenters. The molecule has 16 heavy (non-hydrogen) atoms. The summed E-state index contributed by atoms with van der Waals surface area (Å²) in [6.07, 6.45) is 0. The molecule has 1 N–H and O–H groups in total. The molecule has 1 aromatic rings. The first-order chi connectivity index (χ1) is 7.65. The lowest BCUT2D eigenvalue weighted by molar-refractivity contribution is -0.142. The predicted octanol–water partition coefficient (Wildman–Crippen LogP) is 1.52. The van der Waals surface area contributed by atoms with Crippen molar-refractivity contribution in [2.75, 3.05) is 13.7 Å². The topological polar surface area (TPSA) is 68.1 Å². The Morgan fingerprint density at radius 2 is 2.12 bits per heavy atom. The SMILES string of the molecule is COc1ccccc1C(C)=NOCC(=O)O. The van der Waals surface area contributed by atoms with Crippen LogP contribution in [0.4, 0.5) is 0 Å². The number of benzene rings is 1. The summed E-state index contributed by atoms with van der Waals surface area (Å²) in [6.45, 7) is 1.27. The van der Waals surface area contributed by atoms with Crippen molar-refractivity contribution in [1.82, 2.24) is 0 Å². The lowest BCUT2D eigenvalue weighted by atomic mass is 10.1. The molecule has 0 aliphatic carbocycles. The quantitative estimate of drug-likeness (QED) is 0.607. The standard InChI is InChI=1S/C11H13NO4/c1-8(12-16-7-11(13)14)9-5-3-4-6-10(9)15-2/h3-6H,7H2,1-2H3,(H,13,14). The molecule has 0 bridgehead atoms. The number of aliphatic carboxylic acids is 1. The summed E-state index contributed by atoms with van der Waals surface area (Å²) in [4.78, 5) is 14.9. The molecule has 1 rings (SSSR count). The number of ether oxygens (including phenoxy) is 1. The normalized spacial score (nSPS) is 11.0. The van der Waals surface area contributed by atoms with E-state index in [-0.39, 0.29) is 0 Å². The van der Waals surface area contributed by atoms with Crippen LogP contribution in [0.5, 0.6) is 5.75 Å². The van der Waals surface area contributed by atoms with E-state index in [4.69, 9.17) is 9.84 Å². The van der Waals surface area contributed by atoms with E-state index in [2.05, 4.69) is 9.99 Å². The van der Waals surface area contributed by atoms with Crippen molar-refractivity contribution in [2.45, 2.75) is 6.92 Å². The van der Waals surface area contributed by atoms with E-state index in [1.54, 1.807) is 20.1 Å². The van der Waals surface area contributed by atoms with Crippen molar-refractivity contribution in [3.63, 3.8) is 0 Å². The highest BCUT2D eigenvalue weighted by Gasteiger charge is 2.05. The van der Waals surface area contributed by atoms with Crippen LogP contribution in [0.2, 0.25) is 0 Å². The van der Waals surface area contributed by atoms with Gasteiger partial charge in [0.25, 0.3) is 0 Å². The number of para-hydroxylation sites is 1. The van der Waals surface area contributed by atoms with Gasteiger partial charge in [0.15, 0.2) is 0 Å². The average Bonchev–Trinajstić information content (AvgIpc) is 2.28. The smallest absolute Gasteiger partial charge is 0.344 e. The molecule has 86 valence electrons. The van der Waals surface area contributed by atoms with Crippen molar-refractivity contribution in [2.24, 2.45) is 5.16 Å². The molecule has 0 aliphatic rings. The molecule has 0 fully saturated rings. The molecule has 0 saturated heterocycles. The Kier molecular flexibility index (Phi) is 4.32. The van der Waals surface area contributed by atoms with Crippen LogP contribution < -0.4 is 4.74 Å². The van der Waals surface area contributed by atoms with E-state index in [9.17, 15) is 4.79 Å². The number of nitrogens with zero attached hydrogens (tertiary/aromatic N) is 1. The second-order valence-electron chi connectivity index (χ2n) is 3.04. The second-order valence-corrected chi connectivity index (χ2v) is 3.04. The lowest BCUT2D eigenvalue weighted by Crippen LogP contribution is -2.06. The van der Waals surface area contributed by atoms with Crippen LogP contribution >= 0.6 is 0 Å². The minimum atomic E-state index is -1.06. The van der Waals surface area contributed by atoms with E-state index >= 15 is 0 Å². The molecule has 5 heteroatoms. The van der Waals surface area contributed by atoms with E-state index < -0.39 is 12.6 Å². The van der Waals surface area contributed by atoms with Gasteiger partial charge in [0, 0.05) is 5.56 Å². The third kappa shape index (κ3) is 3.27. The zero-order valence-electron chi connectivity index (χ0n) is 9.14. The zero-order valence-corrected chi connectivity index (χ0v) is 9.14. The first-order valence-corrected chi connectivity index (χ1v) is 4.67. The minimum Gasteiger partial charge on any atom is -0.496 e. The molecule has 0 saturated carbocycles. The van der Waals surface area contributed by atoms with Crippen LogP contribution in [-0.4, -0.2) is 30.5 Å². The molecular formula is C11H13NO4. The molecule has 0 aliphatic heterocycles. The first kappa shape index (κ1) is 12.0. The van der Waals surface area contributed by atoms with E-state index in [0.29, 0.717) is 11.5 Å². The fourth-order valence-corrected chi connectivity index (χ4v) is 1.18. The Morgan fingerprint density at radius 1 is 1.44 bits per heavy atom. The number of carbonyl (C=O) groups is 1. The van der Waals surface area contributed by atoms with Gasteiger partial charge in [-0.3, -0.25) is 0 Å². The summed E-state index contributed by atoms with van der Waals surface area (Å²) in [6, 6.07) is 7.30. The van der Waals surface area contributed by atoms with Gasteiger partial charge in [-0.05, 0) is 19.1 Å². The Balaban J connectivity index is 2.78. The number of rotatable bonds is 5. The molecule has 0 amide bonds. The molecule has 0 spiro atoms. The molecule has 0 radical (unpaired) electrons. The summed E-state index contributed by atoms with van der Waals surface area (Å²) in [5.74, 6) is -0.390. The van der Waals surface area contributed by atoms with Crippen LogP contribution in [0.3, 0.4) is 0 Å². The van der Waals surface area contributed by atoms with Gasteiger partial charge in [0.1, 0.15) is 5.75 Å². The molecule has 1 aromatic carbocycles. The van der Waals surface area contributed by atoms with E-state index in [0.717, 1.165) is 5.56 Å². The first-order valence-electron chi connectivity index (χ1n) is 4.67. The Morgan fingerprint density at radius 3 is 2.75 bits per heavy atom. The summed E-state index contributed by atoms with van der Waals surface area (Å²) in [5, 5.41) is 12.1. The van der Waals surface area contributed by atoms with E-state index in [1.165, 1.54) is 0 Å². The van der Waals surface area contributed by atoms with Crippen LogP contribution in [0.25, 0.3) is 0 Å². The van der Waals surface area contributed by atoms with E-state index in [1.807, 2.05) is 18.2 Å². The number of hydrogen-bond donors (Lipinski definition) is 1. The minimum absolute atomic E-state index is 0.452. The van der Waals surface area contributed by atoms with Crippen LogP contribution in [0.15, 0.2) is 29.4 Å². The highest BCUT2D eigenvalue weighted by Crippen LogP contribution is 2.18. The lowest BCUT2D eigenvalue weighted by Gasteiger charge is -2.06. The summed E-state index contributed by atoms with van der Waals surface area (Å²) >= 11 is 0. The van der Waals surface area contributed by atoms with Crippen molar-refractivity contribution in [3.05, 3.63) is 29.8 Å². The molecule has 0 aromatic heterocycles. The largest absolute Gasteiger partial charge is 0.496 e. The van der Waals surface area contributed by atoms with Crippen LogP contribution in [0.1, 0.15) is 12.5 Å². The fraction of sp³-hybridized carbons (Fsp3) is 0.273. The summed E-state index contributed by atoms with van der Waals surface area (Å²) < 4.78 is 5.14. The van der Waals surface area contributed by atoms with Gasteiger partial charge in [-0.2, -0.15) is 0 Å². The molecule has 0 heterocycles. The number of carboxylic acid groups (broad SMARTS) is 1. The van der Waals surface area contributed by atoms with Gasteiger partial charge >= 0.3 is 5.97 Å². The van der Waals surface area contributed by atoms with Crippen LogP contribution in [-0.2, 0) is 9.63 Å². The molecular weight excluding hydrogens is 210 g/mol. The Labute approximate surface area is 93.3 Å². The predicted molar refractivity (Wildman–Crippen MR) is 58.8 cm³/mol. The summed E-state index contributed by atoms with van der Waals surface area (Å²) in [7, 11) is 1.56. The van der Waals surface area contributed by atoms with Gasteiger partial charge < -0.3 is 14.7 Å². The van der Waals surface area contributed by atoms with Crippen molar-refractivity contribution >= 4 is 11.7 Å². The maximum absolute atomic E-state index is 10.2. The third-order valence-corrected chi connectivity index (χ3v) is 1.89. The third-order valence-electron chi connectivity index (χ3n) is 1.89. The number of hydrogen-bond acceptors (Lipinski definition) is 4. The van der Waals surface area contributed by atoms with Gasteiger partial charge in [-0.1, -0.05) is 17.3 Å². The summed E-state index contributed by atoms with van der Waals surface area (Å²) in [5.41, 5.74) is 1.34. The van der Waals surface area contributed by atoms with Gasteiger partial charge in [-0.25, -0.2) is 4.79 Å². The molecule has 5 nitrogen and oxygen atoms in total. The second kappa shape index (κ2) is 5.75. The Bertz CT molecular complexity index is 401. The van der Waals surface area contributed by atoms with Crippen LogP contribution in [0, 0.1) is 0 Å². The Hall–Kier alpha value is -2.04. The fourth-order valence-electron chi connectivity index (χ4n) is 1.18. The number of methoxy groups -OCH3 is 1. The van der Waals surface area contributed by atoms with Crippen molar-refractivity contribution in [3.8, 4) is 5.75 Å². The average molecular weight is 223 g/mol. The van der Waals surface area contributed by atoms with Crippen molar-refractivity contribution in [1.29, 1.82) is 0 Å². The maximum Gasteiger partial charge on any atom is 0.344 e. The van der Waals surface area contributed by atoms with Gasteiger partial charge in [-0.15, -0.1) is 0 Å². The number of oxime groups is 1. The van der Waals surface area contributed by atoms with Gasteiger partial charge in [0.2, 0.25) is 6.61 Å².